The lowest BCUT2D eigenvalue weighted by molar-refractivity contribution is 0.636. The van der Waals surface area contributed by atoms with Gasteiger partial charge in [-0.05, 0) is 15.9 Å². The third kappa shape index (κ3) is 1.01. The minimum Gasteiger partial charge on any atom is -0.233 e. The molecule has 5 heteroatoms. The van der Waals surface area contributed by atoms with Crippen molar-refractivity contribution in [3.63, 3.8) is 0 Å². The number of halogens is 2. The van der Waals surface area contributed by atoms with Crippen LogP contribution in [0.3, 0.4) is 0 Å². The summed E-state index contributed by atoms with van der Waals surface area (Å²) in [7, 11) is 0. The summed E-state index contributed by atoms with van der Waals surface area (Å²) in [6.45, 7) is 0. The lowest BCUT2D eigenvalue weighted by Crippen LogP contribution is -1.88. The van der Waals surface area contributed by atoms with Crippen LogP contribution in [0.15, 0.2) is 23.1 Å². The molecule has 11 heavy (non-hydrogen) atoms. The maximum Gasteiger partial charge on any atom is 0.191 e. The molecule has 2 aromatic heterocycles. The molecule has 0 fully saturated rings. The van der Waals surface area contributed by atoms with Crippen LogP contribution < -0.4 is 0 Å². The van der Waals surface area contributed by atoms with Crippen molar-refractivity contribution >= 4 is 21.6 Å². The van der Waals surface area contributed by atoms with E-state index < -0.39 is 5.82 Å². The molecule has 2 rings (SSSR count). The van der Waals surface area contributed by atoms with Gasteiger partial charge in [0.1, 0.15) is 0 Å². The number of nitrogens with zero attached hydrogens (tertiary/aromatic N) is 3. The van der Waals surface area contributed by atoms with E-state index >= 15 is 0 Å². The summed E-state index contributed by atoms with van der Waals surface area (Å²) in [5.74, 6) is -0.405. The highest BCUT2D eigenvalue weighted by Gasteiger charge is 2.02. The van der Waals surface area contributed by atoms with Gasteiger partial charge < -0.3 is 0 Å². The van der Waals surface area contributed by atoms with Gasteiger partial charge >= 0.3 is 0 Å². The molecule has 0 amide bonds. The third-order valence-electron chi connectivity index (χ3n) is 1.28. The van der Waals surface area contributed by atoms with Gasteiger partial charge in [-0.2, -0.15) is 5.10 Å². The zero-order valence-corrected chi connectivity index (χ0v) is 6.92. The average Bonchev–Trinajstić information content (AvgIpc) is 2.32. The number of aromatic nitrogens is 3. The lowest BCUT2D eigenvalue weighted by Gasteiger charge is -1.91. The van der Waals surface area contributed by atoms with Crippen molar-refractivity contribution in [3.8, 4) is 0 Å². The van der Waals surface area contributed by atoms with Gasteiger partial charge in [-0.15, -0.1) is 0 Å². The second-order valence-corrected chi connectivity index (χ2v) is 2.95. The number of hydrogen-bond acceptors (Lipinski definition) is 2. The Balaban J connectivity index is 2.86. The van der Waals surface area contributed by atoms with Crippen molar-refractivity contribution in [2.45, 2.75) is 0 Å². The van der Waals surface area contributed by atoms with Crippen molar-refractivity contribution in [3.05, 3.63) is 28.9 Å². The smallest absolute Gasteiger partial charge is 0.191 e. The highest BCUT2D eigenvalue weighted by Crippen LogP contribution is 2.10. The summed E-state index contributed by atoms with van der Waals surface area (Å²) >= 11 is 3.20. The first kappa shape index (κ1) is 6.72. The fourth-order valence-electron chi connectivity index (χ4n) is 0.823. The molecule has 0 N–H and O–H groups in total. The number of fused-ring (bicyclic) bond motifs is 1. The molecule has 0 bridgehead atoms. The van der Waals surface area contributed by atoms with Crippen molar-refractivity contribution in [2.24, 2.45) is 0 Å². The maximum absolute atomic E-state index is 12.7. The van der Waals surface area contributed by atoms with E-state index in [1.54, 1.807) is 6.20 Å². The molecule has 0 atom stereocenters. The Labute approximate surface area is 70.0 Å². The second kappa shape index (κ2) is 2.27. The molecule has 0 saturated carbocycles. The quantitative estimate of drug-likeness (QED) is 0.669. The minimum atomic E-state index is -0.405. The first-order valence-corrected chi connectivity index (χ1v) is 3.71. The van der Waals surface area contributed by atoms with Gasteiger partial charge in [0.25, 0.3) is 0 Å². The molecule has 56 valence electrons. The predicted molar refractivity (Wildman–Crippen MR) is 40.6 cm³/mol. The molecule has 2 heterocycles. The van der Waals surface area contributed by atoms with E-state index in [0.29, 0.717) is 0 Å². The Morgan fingerprint density at radius 3 is 3.09 bits per heavy atom. The van der Waals surface area contributed by atoms with E-state index in [1.807, 2.05) is 0 Å². The topological polar surface area (TPSA) is 30.2 Å². The van der Waals surface area contributed by atoms with Crippen LogP contribution >= 0.6 is 15.9 Å². The van der Waals surface area contributed by atoms with Crippen LogP contribution in [-0.2, 0) is 0 Å². The van der Waals surface area contributed by atoms with Crippen molar-refractivity contribution in [1.29, 1.82) is 0 Å². The van der Waals surface area contributed by atoms with Crippen LogP contribution in [0.2, 0.25) is 0 Å². The Morgan fingerprint density at radius 1 is 1.45 bits per heavy atom. The predicted octanol–water partition coefficient (Wildman–Crippen LogP) is 1.63. The monoisotopic (exact) mass is 215 g/mol. The molecule has 0 aliphatic heterocycles. The first-order valence-electron chi connectivity index (χ1n) is 2.92. The van der Waals surface area contributed by atoms with Gasteiger partial charge in [0.2, 0.25) is 0 Å². The SMILES string of the molecule is Fc1cnn2cc(Br)cnc12. The van der Waals surface area contributed by atoms with E-state index in [2.05, 4.69) is 26.0 Å². The minimum absolute atomic E-state index is 0.244. The van der Waals surface area contributed by atoms with Crippen LogP contribution in [0.25, 0.3) is 5.65 Å². The molecule has 0 radical (unpaired) electrons. The highest BCUT2D eigenvalue weighted by atomic mass is 79.9. The fourth-order valence-corrected chi connectivity index (χ4v) is 1.12. The second-order valence-electron chi connectivity index (χ2n) is 2.03. The largest absolute Gasteiger partial charge is 0.233 e. The van der Waals surface area contributed by atoms with E-state index in [4.69, 9.17) is 0 Å². The van der Waals surface area contributed by atoms with Gasteiger partial charge in [0.05, 0.1) is 10.7 Å². The zero-order chi connectivity index (χ0) is 7.84. The Hall–Kier alpha value is -0.970. The van der Waals surface area contributed by atoms with Gasteiger partial charge in [0, 0.05) is 12.4 Å². The van der Waals surface area contributed by atoms with Crippen molar-refractivity contribution < 1.29 is 4.39 Å². The molecular weight excluding hydrogens is 213 g/mol. The molecule has 0 saturated heterocycles. The molecule has 2 aromatic rings. The average molecular weight is 216 g/mol. The van der Waals surface area contributed by atoms with Gasteiger partial charge in [-0.25, -0.2) is 13.9 Å². The maximum atomic E-state index is 12.7. The summed E-state index contributed by atoms with van der Waals surface area (Å²) in [4.78, 5) is 3.82. The molecule has 0 unspecified atom stereocenters. The summed E-state index contributed by atoms with van der Waals surface area (Å²) in [6.07, 6.45) is 4.31. The Morgan fingerprint density at radius 2 is 2.27 bits per heavy atom. The van der Waals surface area contributed by atoms with Crippen LogP contribution in [0, 0.1) is 5.82 Å². The molecule has 0 aliphatic rings. The van der Waals surface area contributed by atoms with Crippen molar-refractivity contribution in [2.75, 3.05) is 0 Å². The van der Waals surface area contributed by atoms with Crippen molar-refractivity contribution in [1.82, 2.24) is 14.6 Å². The van der Waals surface area contributed by atoms with Crippen LogP contribution in [0.4, 0.5) is 4.39 Å². The Kier molecular flexibility index (Phi) is 1.38. The summed E-state index contributed by atoms with van der Waals surface area (Å²) in [5, 5.41) is 3.73. The van der Waals surface area contributed by atoms with E-state index in [0.717, 1.165) is 10.7 Å². The van der Waals surface area contributed by atoms with Gasteiger partial charge in [-0.1, -0.05) is 0 Å². The van der Waals surface area contributed by atoms with Crippen LogP contribution in [-0.4, -0.2) is 14.6 Å². The molecule has 3 nitrogen and oxygen atoms in total. The van der Waals surface area contributed by atoms with Gasteiger partial charge in [0.15, 0.2) is 11.5 Å². The van der Waals surface area contributed by atoms with Crippen LogP contribution in [0.5, 0.6) is 0 Å². The van der Waals surface area contributed by atoms with Gasteiger partial charge in [-0.3, -0.25) is 0 Å². The van der Waals surface area contributed by atoms with E-state index in [-0.39, 0.29) is 5.65 Å². The molecule has 0 aromatic carbocycles. The summed E-state index contributed by atoms with van der Waals surface area (Å²) in [6, 6.07) is 0. The van der Waals surface area contributed by atoms with E-state index in [1.165, 1.54) is 10.7 Å². The van der Waals surface area contributed by atoms with Crippen LogP contribution in [0.1, 0.15) is 0 Å². The summed E-state index contributed by atoms with van der Waals surface area (Å²) in [5.41, 5.74) is 0.244. The highest BCUT2D eigenvalue weighted by molar-refractivity contribution is 9.10. The number of rotatable bonds is 0. The van der Waals surface area contributed by atoms with E-state index in [9.17, 15) is 4.39 Å². The normalized spacial score (nSPS) is 10.7. The standard InChI is InChI=1S/C6H3BrFN3/c7-4-1-9-6-5(8)2-10-11(6)3-4/h1-3H. The molecule has 0 spiro atoms. The Bertz CT molecular complexity index is 398. The summed E-state index contributed by atoms with van der Waals surface area (Å²) < 4.78 is 14.9. The first-order chi connectivity index (χ1) is 5.27. The molecule has 0 aliphatic carbocycles. The number of hydrogen-bond donors (Lipinski definition) is 0. The molecular formula is C6H3BrFN3. The zero-order valence-electron chi connectivity index (χ0n) is 5.33. The lowest BCUT2D eigenvalue weighted by atomic mass is 10.6. The fraction of sp³-hybridized carbons (Fsp3) is 0. The third-order valence-corrected chi connectivity index (χ3v) is 1.69.